The maximum absolute atomic E-state index is 6.24. The zero-order valence-corrected chi connectivity index (χ0v) is 17.1. The number of benzene rings is 1. The minimum atomic E-state index is 0.740. The highest BCUT2D eigenvalue weighted by molar-refractivity contribution is 8.02. The molecule has 2 aromatic heterocycles. The third-order valence-electron chi connectivity index (χ3n) is 3.11. The summed E-state index contributed by atoms with van der Waals surface area (Å²) in [7, 11) is 0. The maximum atomic E-state index is 6.24. The third kappa shape index (κ3) is 4.95. The second-order valence-electron chi connectivity index (χ2n) is 4.95. The van der Waals surface area contributed by atoms with Crippen LogP contribution in [0.15, 0.2) is 38.3 Å². The maximum Gasteiger partial charge on any atom is 0.175 e. The fourth-order valence-electron chi connectivity index (χ4n) is 1.88. The number of hydrogen-bond donors (Lipinski definition) is 0. The van der Waals surface area contributed by atoms with Crippen LogP contribution in [0.4, 0.5) is 0 Å². The zero-order chi connectivity index (χ0) is 16.8. The van der Waals surface area contributed by atoms with Crippen molar-refractivity contribution in [3.05, 3.63) is 40.4 Å². The topological polar surface area (TPSA) is 38.7 Å². The fraction of sp³-hybridized carbons (Fsp3) is 0.312. The third-order valence-corrected chi connectivity index (χ3v) is 7.67. The largest absolute Gasteiger partial charge is 0.240 e. The van der Waals surface area contributed by atoms with E-state index in [1.165, 1.54) is 12.8 Å². The lowest BCUT2D eigenvalue weighted by Gasteiger charge is -1.98. The van der Waals surface area contributed by atoms with Crippen molar-refractivity contribution in [1.29, 1.82) is 0 Å². The molecule has 0 radical (unpaired) electrons. The zero-order valence-electron chi connectivity index (χ0n) is 13.1. The van der Waals surface area contributed by atoms with Gasteiger partial charge in [0.15, 0.2) is 8.68 Å². The van der Waals surface area contributed by atoms with Gasteiger partial charge in [0.05, 0.1) is 10.7 Å². The smallest absolute Gasteiger partial charge is 0.175 e. The number of nitrogens with zero attached hydrogens (tertiary/aromatic N) is 3. The van der Waals surface area contributed by atoms with Crippen molar-refractivity contribution in [3.8, 4) is 10.6 Å². The van der Waals surface area contributed by atoms with Gasteiger partial charge in [0, 0.05) is 22.4 Å². The van der Waals surface area contributed by atoms with Gasteiger partial charge in [0.2, 0.25) is 0 Å². The van der Waals surface area contributed by atoms with E-state index in [2.05, 4.69) is 27.5 Å². The second-order valence-corrected chi connectivity index (χ2v) is 9.76. The number of aromatic nitrogens is 3. The molecule has 0 N–H and O–H groups in total. The normalized spacial score (nSPS) is 11.1. The monoisotopic (exact) mass is 413 g/mol. The first-order chi connectivity index (χ1) is 11.8. The van der Waals surface area contributed by atoms with Crippen molar-refractivity contribution in [3.63, 3.8) is 0 Å². The van der Waals surface area contributed by atoms with E-state index >= 15 is 0 Å². The molecule has 0 unspecified atom stereocenters. The van der Waals surface area contributed by atoms with E-state index in [1.807, 2.05) is 24.3 Å². The number of thiazole rings is 1. The summed E-state index contributed by atoms with van der Waals surface area (Å²) in [5, 5.41) is 12.3. The van der Waals surface area contributed by atoms with Gasteiger partial charge in [-0.15, -0.1) is 21.5 Å². The molecule has 0 spiro atoms. The lowest BCUT2D eigenvalue weighted by Crippen LogP contribution is -1.82. The molecule has 24 heavy (non-hydrogen) atoms. The molecular formula is C16H16ClN3S4. The van der Waals surface area contributed by atoms with Crippen molar-refractivity contribution < 1.29 is 0 Å². The lowest BCUT2D eigenvalue weighted by atomic mass is 10.2. The van der Waals surface area contributed by atoms with Gasteiger partial charge in [0.25, 0.3) is 0 Å². The molecule has 2 heterocycles. The quantitative estimate of drug-likeness (QED) is 0.311. The molecule has 0 bridgehead atoms. The molecule has 3 rings (SSSR count). The molecule has 0 fully saturated rings. The molecule has 0 aliphatic heterocycles. The Kier molecular flexibility index (Phi) is 6.97. The molecule has 0 aliphatic carbocycles. The summed E-state index contributed by atoms with van der Waals surface area (Å²) in [5.74, 6) is 1.91. The Balaban J connectivity index is 1.57. The van der Waals surface area contributed by atoms with Crippen molar-refractivity contribution >= 4 is 57.8 Å². The Bertz CT molecular complexity index is 787. The number of halogens is 1. The first kappa shape index (κ1) is 18.2. The van der Waals surface area contributed by atoms with Gasteiger partial charge in [0.1, 0.15) is 5.01 Å². The van der Waals surface area contributed by atoms with Crippen LogP contribution in [0.2, 0.25) is 5.02 Å². The SMILES string of the molecule is CCCCSc1nnc(SCc2csc(-c3ccccc3Cl)n2)s1. The summed E-state index contributed by atoms with van der Waals surface area (Å²) in [6.07, 6.45) is 2.43. The van der Waals surface area contributed by atoms with Crippen molar-refractivity contribution in [2.75, 3.05) is 5.75 Å². The first-order valence-electron chi connectivity index (χ1n) is 7.54. The van der Waals surface area contributed by atoms with E-state index in [-0.39, 0.29) is 0 Å². The number of rotatable bonds is 8. The van der Waals surface area contributed by atoms with Crippen LogP contribution in [0.1, 0.15) is 25.5 Å². The average molecular weight is 414 g/mol. The summed E-state index contributed by atoms with van der Waals surface area (Å²) in [6, 6.07) is 7.81. The van der Waals surface area contributed by atoms with Gasteiger partial charge in [-0.1, -0.05) is 78.0 Å². The highest BCUT2D eigenvalue weighted by Gasteiger charge is 2.10. The van der Waals surface area contributed by atoms with E-state index in [4.69, 9.17) is 11.6 Å². The molecule has 0 saturated carbocycles. The highest BCUT2D eigenvalue weighted by Crippen LogP contribution is 2.34. The summed E-state index contributed by atoms with van der Waals surface area (Å²) in [5.41, 5.74) is 2.04. The molecule has 3 aromatic rings. The Hall–Kier alpha value is -0.600. The van der Waals surface area contributed by atoms with E-state index in [0.717, 1.165) is 41.5 Å². The predicted molar refractivity (Wildman–Crippen MR) is 108 cm³/mol. The van der Waals surface area contributed by atoms with Gasteiger partial charge >= 0.3 is 0 Å². The Morgan fingerprint density at radius 2 is 1.92 bits per heavy atom. The van der Waals surface area contributed by atoms with E-state index < -0.39 is 0 Å². The van der Waals surface area contributed by atoms with Gasteiger partial charge < -0.3 is 0 Å². The van der Waals surface area contributed by atoms with Crippen LogP contribution >= 0.6 is 57.8 Å². The molecule has 126 valence electrons. The van der Waals surface area contributed by atoms with Crippen LogP contribution in [0.25, 0.3) is 10.6 Å². The van der Waals surface area contributed by atoms with Crippen molar-refractivity contribution in [2.24, 2.45) is 0 Å². The molecule has 1 aromatic carbocycles. The van der Waals surface area contributed by atoms with Crippen molar-refractivity contribution in [1.82, 2.24) is 15.2 Å². The summed E-state index contributed by atoms with van der Waals surface area (Å²) >= 11 is 13.0. The molecular weight excluding hydrogens is 398 g/mol. The molecule has 0 atom stereocenters. The van der Waals surface area contributed by atoms with Crippen LogP contribution in [-0.4, -0.2) is 20.9 Å². The average Bonchev–Trinajstić information content (AvgIpc) is 3.23. The predicted octanol–water partition coefficient (Wildman–Crippen LogP) is 6.50. The van der Waals surface area contributed by atoms with Crippen LogP contribution < -0.4 is 0 Å². The number of unbranched alkanes of at least 4 members (excludes halogenated alkanes) is 1. The van der Waals surface area contributed by atoms with E-state index in [1.54, 1.807) is 46.2 Å². The molecule has 3 nitrogen and oxygen atoms in total. The van der Waals surface area contributed by atoms with Gasteiger partial charge in [-0.2, -0.15) is 0 Å². The molecule has 0 saturated heterocycles. The Morgan fingerprint density at radius 3 is 2.71 bits per heavy atom. The minimum absolute atomic E-state index is 0.740. The second kappa shape index (κ2) is 9.20. The molecule has 0 aliphatic rings. The molecule has 0 amide bonds. The highest BCUT2D eigenvalue weighted by atomic mass is 35.5. The van der Waals surface area contributed by atoms with E-state index in [0.29, 0.717) is 0 Å². The van der Waals surface area contributed by atoms with Crippen LogP contribution in [-0.2, 0) is 5.75 Å². The fourth-order valence-corrected chi connectivity index (χ4v) is 6.20. The Morgan fingerprint density at radius 1 is 1.12 bits per heavy atom. The van der Waals surface area contributed by atoms with Crippen LogP contribution in [0.5, 0.6) is 0 Å². The first-order valence-corrected chi connectivity index (χ1v) is 11.6. The van der Waals surface area contributed by atoms with Gasteiger partial charge in [-0.3, -0.25) is 0 Å². The summed E-state index contributed by atoms with van der Waals surface area (Å²) in [4.78, 5) is 4.69. The Labute approximate surface area is 163 Å². The number of thioether (sulfide) groups is 2. The van der Waals surface area contributed by atoms with Crippen LogP contribution in [0.3, 0.4) is 0 Å². The minimum Gasteiger partial charge on any atom is -0.240 e. The standard InChI is InChI=1S/C16H16ClN3S4/c1-2-3-8-21-15-19-20-16(24-15)23-10-11-9-22-14(18-11)12-6-4-5-7-13(12)17/h4-7,9H,2-3,8,10H2,1H3. The lowest BCUT2D eigenvalue weighted by molar-refractivity contribution is 0.892. The van der Waals surface area contributed by atoms with Crippen molar-refractivity contribution in [2.45, 2.75) is 34.2 Å². The van der Waals surface area contributed by atoms with Crippen LogP contribution in [0, 0.1) is 0 Å². The van der Waals surface area contributed by atoms with E-state index in [9.17, 15) is 0 Å². The van der Waals surface area contributed by atoms with Gasteiger partial charge in [-0.05, 0) is 12.5 Å². The van der Waals surface area contributed by atoms with Gasteiger partial charge in [-0.25, -0.2) is 4.98 Å². The molecule has 8 heteroatoms. The summed E-state index contributed by atoms with van der Waals surface area (Å²) in [6.45, 7) is 2.20. The number of hydrogen-bond acceptors (Lipinski definition) is 7. The summed E-state index contributed by atoms with van der Waals surface area (Å²) < 4.78 is 2.06.